The number of carbonyl (C=O) groups is 1. The summed E-state index contributed by atoms with van der Waals surface area (Å²) >= 11 is 0. The zero-order valence-electron chi connectivity index (χ0n) is 15.7. The highest BCUT2D eigenvalue weighted by Crippen LogP contribution is 2.41. The third kappa shape index (κ3) is 2.41. The lowest BCUT2D eigenvalue weighted by atomic mass is 9.99. The Balaban J connectivity index is 1.65. The number of pyridine rings is 2. The Bertz CT molecular complexity index is 1390. The van der Waals surface area contributed by atoms with Crippen LogP contribution in [0.25, 0.3) is 22.3 Å². The SMILES string of the molecule is O=C1OCc2c(cc3n(c2=O)Cc2c-3nc3cc4c(cc3c2/C=N/OO)OCO4)[C@@H]1O. The molecule has 3 aliphatic heterocycles. The van der Waals surface area contributed by atoms with E-state index in [9.17, 15) is 14.7 Å². The van der Waals surface area contributed by atoms with E-state index < -0.39 is 12.1 Å². The average Bonchev–Trinajstić information content (AvgIpc) is 3.37. The number of benzene rings is 1. The molecule has 3 aromatic rings. The first-order valence-corrected chi connectivity index (χ1v) is 9.28. The molecule has 0 bridgehead atoms. The predicted molar refractivity (Wildman–Crippen MR) is 103 cm³/mol. The number of carbonyl (C=O) groups excluding carboxylic acids is 1. The van der Waals surface area contributed by atoms with Crippen LogP contribution in [0.2, 0.25) is 0 Å². The van der Waals surface area contributed by atoms with Crippen LogP contribution in [-0.2, 0) is 27.7 Å². The van der Waals surface area contributed by atoms with Gasteiger partial charge in [0.2, 0.25) is 6.79 Å². The van der Waals surface area contributed by atoms with Crippen molar-refractivity contribution in [1.82, 2.24) is 9.55 Å². The van der Waals surface area contributed by atoms with Gasteiger partial charge >= 0.3 is 5.97 Å². The molecule has 0 aliphatic carbocycles. The maximum absolute atomic E-state index is 13.1. The Morgan fingerprint density at radius 1 is 1.16 bits per heavy atom. The average molecular weight is 423 g/mol. The summed E-state index contributed by atoms with van der Waals surface area (Å²) in [7, 11) is 0. The molecule has 0 amide bonds. The van der Waals surface area contributed by atoms with E-state index >= 15 is 0 Å². The molecule has 11 nitrogen and oxygen atoms in total. The number of hydrogen-bond acceptors (Lipinski definition) is 10. The number of aliphatic hydroxyl groups excluding tert-OH is 1. The summed E-state index contributed by atoms with van der Waals surface area (Å²) in [5.41, 5.74) is 2.76. The molecule has 0 radical (unpaired) electrons. The van der Waals surface area contributed by atoms with Gasteiger partial charge in [-0.3, -0.25) is 4.79 Å². The van der Waals surface area contributed by atoms with E-state index in [4.69, 9.17) is 24.5 Å². The fraction of sp³-hybridized carbons (Fsp3) is 0.200. The van der Waals surface area contributed by atoms with E-state index in [1.54, 1.807) is 18.2 Å². The number of aliphatic hydroxyl groups is 1. The van der Waals surface area contributed by atoms with Gasteiger partial charge in [-0.1, -0.05) is 5.16 Å². The number of oxime groups is 1. The summed E-state index contributed by atoms with van der Waals surface area (Å²) < 4.78 is 17.3. The number of rotatable bonds is 2. The van der Waals surface area contributed by atoms with Gasteiger partial charge in [0, 0.05) is 28.1 Å². The molecule has 3 aliphatic rings. The molecule has 0 spiro atoms. The molecule has 1 aromatic carbocycles. The minimum Gasteiger partial charge on any atom is -0.458 e. The molecule has 156 valence electrons. The highest BCUT2D eigenvalue weighted by molar-refractivity contribution is 6.03. The van der Waals surface area contributed by atoms with Crippen molar-refractivity contribution < 1.29 is 34.4 Å². The van der Waals surface area contributed by atoms with E-state index in [0.717, 1.165) is 0 Å². The minimum atomic E-state index is -1.54. The molecule has 2 N–H and O–H groups in total. The first kappa shape index (κ1) is 17.9. The molecule has 6 rings (SSSR count). The number of esters is 1. The van der Waals surface area contributed by atoms with Gasteiger partial charge in [-0.25, -0.2) is 14.8 Å². The Labute approximate surface area is 172 Å². The van der Waals surface area contributed by atoms with Crippen molar-refractivity contribution in [3.8, 4) is 22.9 Å². The second-order valence-electron chi connectivity index (χ2n) is 7.26. The molecule has 0 fully saturated rings. The number of hydrogen-bond donors (Lipinski definition) is 2. The fourth-order valence-electron chi connectivity index (χ4n) is 4.27. The summed E-state index contributed by atoms with van der Waals surface area (Å²) in [5.74, 6) is 0.262. The quantitative estimate of drug-likeness (QED) is 0.209. The van der Waals surface area contributed by atoms with Crippen molar-refractivity contribution in [2.24, 2.45) is 5.16 Å². The van der Waals surface area contributed by atoms with Crippen molar-refractivity contribution in [1.29, 1.82) is 0 Å². The summed E-state index contributed by atoms with van der Waals surface area (Å²) in [5, 5.41) is 23.1. The number of nitrogens with zero attached hydrogens (tertiary/aromatic N) is 3. The van der Waals surface area contributed by atoms with Crippen LogP contribution in [0.15, 0.2) is 28.1 Å². The Morgan fingerprint density at radius 2 is 1.97 bits per heavy atom. The van der Waals surface area contributed by atoms with Gasteiger partial charge in [-0.05, 0) is 12.1 Å². The van der Waals surface area contributed by atoms with Crippen molar-refractivity contribution in [3.05, 3.63) is 50.8 Å². The van der Waals surface area contributed by atoms with Crippen molar-refractivity contribution in [3.63, 3.8) is 0 Å². The molecule has 5 heterocycles. The van der Waals surface area contributed by atoms with Crippen molar-refractivity contribution >= 4 is 23.1 Å². The van der Waals surface area contributed by atoms with Crippen LogP contribution in [0.1, 0.15) is 28.4 Å². The molecular weight excluding hydrogens is 410 g/mol. The van der Waals surface area contributed by atoms with Crippen LogP contribution in [0.4, 0.5) is 0 Å². The summed E-state index contributed by atoms with van der Waals surface area (Å²) in [6.45, 7) is 0.0576. The first-order valence-electron chi connectivity index (χ1n) is 9.28. The maximum Gasteiger partial charge on any atom is 0.340 e. The van der Waals surface area contributed by atoms with E-state index in [-0.39, 0.29) is 36.6 Å². The van der Waals surface area contributed by atoms with E-state index in [0.29, 0.717) is 44.9 Å². The number of fused-ring (bicyclic) bond motifs is 6. The van der Waals surface area contributed by atoms with Crippen LogP contribution < -0.4 is 15.0 Å². The summed E-state index contributed by atoms with van der Waals surface area (Å²) in [4.78, 5) is 33.5. The van der Waals surface area contributed by atoms with Crippen LogP contribution in [0.5, 0.6) is 11.5 Å². The molecule has 2 aromatic heterocycles. The van der Waals surface area contributed by atoms with Crippen LogP contribution >= 0.6 is 0 Å². The Morgan fingerprint density at radius 3 is 2.77 bits per heavy atom. The smallest absolute Gasteiger partial charge is 0.340 e. The van der Waals surface area contributed by atoms with Gasteiger partial charge in [-0.2, -0.15) is 5.26 Å². The van der Waals surface area contributed by atoms with Crippen LogP contribution in [-0.4, -0.2) is 38.9 Å². The Kier molecular flexibility index (Phi) is 3.61. The lowest BCUT2D eigenvalue weighted by Crippen LogP contribution is -2.32. The highest BCUT2D eigenvalue weighted by atomic mass is 17.2. The number of cyclic esters (lactones) is 1. The molecule has 31 heavy (non-hydrogen) atoms. The zero-order chi connectivity index (χ0) is 21.3. The van der Waals surface area contributed by atoms with E-state index in [2.05, 4.69) is 10.1 Å². The molecule has 11 heteroatoms. The second kappa shape index (κ2) is 6.27. The minimum absolute atomic E-state index is 0.0902. The van der Waals surface area contributed by atoms with Crippen LogP contribution in [0, 0.1) is 0 Å². The molecule has 0 saturated carbocycles. The van der Waals surface area contributed by atoms with Crippen molar-refractivity contribution in [2.45, 2.75) is 19.3 Å². The van der Waals surface area contributed by atoms with E-state index in [1.807, 2.05) is 0 Å². The van der Waals surface area contributed by atoms with Gasteiger partial charge in [-0.15, -0.1) is 0 Å². The zero-order valence-corrected chi connectivity index (χ0v) is 15.7. The number of aromatic nitrogens is 2. The van der Waals surface area contributed by atoms with E-state index in [1.165, 1.54) is 10.8 Å². The third-order valence-corrected chi connectivity index (χ3v) is 5.72. The van der Waals surface area contributed by atoms with Gasteiger partial charge < -0.3 is 23.9 Å². The normalized spacial score (nSPS) is 18.1. The molecular formula is C20H13N3O8. The van der Waals surface area contributed by atoms with Gasteiger partial charge in [0.15, 0.2) is 17.6 Å². The topological polar surface area (TPSA) is 142 Å². The largest absolute Gasteiger partial charge is 0.458 e. The Hall–Kier alpha value is -3.96. The molecule has 0 saturated heterocycles. The summed E-state index contributed by atoms with van der Waals surface area (Å²) in [6.07, 6.45) is -0.215. The monoisotopic (exact) mass is 423 g/mol. The fourth-order valence-corrected chi connectivity index (χ4v) is 4.27. The first-order chi connectivity index (χ1) is 15.1. The second-order valence-corrected chi connectivity index (χ2v) is 7.26. The maximum atomic E-state index is 13.1. The molecule has 0 unspecified atom stereocenters. The van der Waals surface area contributed by atoms with Crippen LogP contribution in [0.3, 0.4) is 0 Å². The molecule has 1 atom stereocenters. The summed E-state index contributed by atoms with van der Waals surface area (Å²) in [6, 6.07) is 5.04. The lowest BCUT2D eigenvalue weighted by molar-refractivity contribution is -0.242. The van der Waals surface area contributed by atoms with Gasteiger partial charge in [0.25, 0.3) is 5.56 Å². The van der Waals surface area contributed by atoms with Gasteiger partial charge in [0.05, 0.1) is 35.2 Å². The third-order valence-electron chi connectivity index (χ3n) is 5.72. The lowest BCUT2D eigenvalue weighted by Gasteiger charge is -2.21. The number of ether oxygens (including phenoxy) is 3. The van der Waals surface area contributed by atoms with Gasteiger partial charge in [0.1, 0.15) is 6.61 Å². The standard InChI is InChI=1S/C20H13N3O8/c24-18-9-1-14-17-11(5-23(14)19(25)12(9)6-28-20(18)26)10(4-21-31-27)8-2-15-16(30-7-29-15)3-13(8)22-17/h1-4,18,24,27H,5-7H2/b21-4+/t18-/m0/s1. The highest BCUT2D eigenvalue weighted by Gasteiger charge is 2.34. The van der Waals surface area contributed by atoms with Crippen molar-refractivity contribution in [2.75, 3.05) is 6.79 Å². The predicted octanol–water partition coefficient (Wildman–Crippen LogP) is 1.07.